The Morgan fingerprint density at radius 2 is 2.06 bits per heavy atom. The molecule has 2 heterocycles. The Hall–Kier alpha value is -1.26. The third-order valence-corrected chi connectivity index (χ3v) is 2.74. The number of alkyl halides is 2. The van der Waals surface area contributed by atoms with Crippen molar-refractivity contribution in [2.45, 2.75) is 32.1 Å². The second kappa shape index (κ2) is 3.96. The van der Waals surface area contributed by atoms with Crippen LogP contribution in [0.3, 0.4) is 0 Å². The SMILES string of the molecule is CC(C)c1cnc(N2CCC(F)(F)C2)cn1. The Morgan fingerprint density at radius 3 is 2.50 bits per heavy atom. The summed E-state index contributed by atoms with van der Waals surface area (Å²) in [5.74, 6) is -1.73. The van der Waals surface area contributed by atoms with Gasteiger partial charge in [0.2, 0.25) is 0 Å². The van der Waals surface area contributed by atoms with E-state index in [0.29, 0.717) is 18.3 Å². The Labute approximate surface area is 93.5 Å². The van der Waals surface area contributed by atoms with Crippen molar-refractivity contribution in [1.82, 2.24) is 9.97 Å². The minimum atomic E-state index is -2.58. The van der Waals surface area contributed by atoms with Gasteiger partial charge in [-0.3, -0.25) is 4.98 Å². The second-order valence-corrected chi connectivity index (χ2v) is 4.48. The van der Waals surface area contributed by atoms with Gasteiger partial charge in [0.05, 0.1) is 24.6 Å². The molecule has 0 N–H and O–H groups in total. The monoisotopic (exact) mass is 227 g/mol. The van der Waals surface area contributed by atoms with E-state index in [2.05, 4.69) is 9.97 Å². The highest BCUT2D eigenvalue weighted by Crippen LogP contribution is 2.29. The Bertz CT molecular complexity index is 362. The van der Waals surface area contributed by atoms with Gasteiger partial charge in [-0.1, -0.05) is 13.8 Å². The van der Waals surface area contributed by atoms with Gasteiger partial charge in [0.25, 0.3) is 5.92 Å². The van der Waals surface area contributed by atoms with Crippen LogP contribution in [0.25, 0.3) is 0 Å². The molecule has 16 heavy (non-hydrogen) atoms. The van der Waals surface area contributed by atoms with Crippen LogP contribution in [0.4, 0.5) is 14.6 Å². The van der Waals surface area contributed by atoms with E-state index in [9.17, 15) is 8.78 Å². The molecule has 0 bridgehead atoms. The molecule has 2 rings (SSSR count). The summed E-state index contributed by atoms with van der Waals surface area (Å²) in [6, 6.07) is 0. The number of halogens is 2. The lowest BCUT2D eigenvalue weighted by atomic mass is 10.1. The van der Waals surface area contributed by atoms with Crippen LogP contribution in [-0.2, 0) is 0 Å². The van der Waals surface area contributed by atoms with Crippen LogP contribution in [0.5, 0.6) is 0 Å². The molecule has 0 unspecified atom stereocenters. The van der Waals surface area contributed by atoms with Crippen molar-refractivity contribution in [2.75, 3.05) is 18.0 Å². The molecule has 0 atom stereocenters. The molecule has 0 spiro atoms. The number of aromatic nitrogens is 2. The first-order chi connectivity index (χ1) is 7.48. The maximum Gasteiger partial charge on any atom is 0.266 e. The van der Waals surface area contributed by atoms with Crippen molar-refractivity contribution in [3.05, 3.63) is 18.1 Å². The molecular formula is C11H15F2N3. The van der Waals surface area contributed by atoms with Crippen molar-refractivity contribution in [3.8, 4) is 0 Å². The molecule has 1 aromatic heterocycles. The van der Waals surface area contributed by atoms with Crippen LogP contribution >= 0.6 is 0 Å². The molecule has 1 aromatic rings. The summed E-state index contributed by atoms with van der Waals surface area (Å²) >= 11 is 0. The van der Waals surface area contributed by atoms with Gasteiger partial charge in [0.1, 0.15) is 5.82 Å². The molecule has 5 heteroatoms. The van der Waals surface area contributed by atoms with Crippen LogP contribution in [0, 0.1) is 0 Å². The van der Waals surface area contributed by atoms with E-state index in [4.69, 9.17) is 0 Å². The van der Waals surface area contributed by atoms with Gasteiger partial charge in [-0.2, -0.15) is 0 Å². The number of hydrogen-bond donors (Lipinski definition) is 0. The highest BCUT2D eigenvalue weighted by atomic mass is 19.3. The zero-order chi connectivity index (χ0) is 11.8. The molecule has 1 aliphatic heterocycles. The first kappa shape index (κ1) is 11.2. The summed E-state index contributed by atoms with van der Waals surface area (Å²) in [5, 5.41) is 0. The first-order valence-corrected chi connectivity index (χ1v) is 5.43. The molecule has 0 aromatic carbocycles. The third kappa shape index (κ3) is 2.28. The lowest BCUT2D eigenvalue weighted by Crippen LogP contribution is -2.25. The maximum atomic E-state index is 13.0. The van der Waals surface area contributed by atoms with Gasteiger partial charge >= 0.3 is 0 Å². The molecule has 1 saturated heterocycles. The molecule has 3 nitrogen and oxygen atoms in total. The van der Waals surface area contributed by atoms with Gasteiger partial charge < -0.3 is 4.90 Å². The summed E-state index contributed by atoms with van der Waals surface area (Å²) < 4.78 is 26.0. The number of anilines is 1. The number of hydrogen-bond acceptors (Lipinski definition) is 3. The smallest absolute Gasteiger partial charge is 0.266 e. The normalized spacial score (nSPS) is 19.4. The summed E-state index contributed by atoms with van der Waals surface area (Å²) in [5.41, 5.74) is 0.884. The summed E-state index contributed by atoms with van der Waals surface area (Å²) in [6.45, 7) is 4.15. The minimum Gasteiger partial charge on any atom is -0.349 e. The van der Waals surface area contributed by atoms with Crippen LogP contribution < -0.4 is 4.90 Å². The van der Waals surface area contributed by atoms with E-state index in [0.717, 1.165) is 5.69 Å². The summed E-state index contributed by atoms with van der Waals surface area (Å²) in [7, 11) is 0. The first-order valence-electron chi connectivity index (χ1n) is 5.43. The van der Waals surface area contributed by atoms with Crippen molar-refractivity contribution >= 4 is 5.82 Å². The van der Waals surface area contributed by atoms with E-state index in [1.54, 1.807) is 17.3 Å². The quantitative estimate of drug-likeness (QED) is 0.777. The fourth-order valence-corrected chi connectivity index (χ4v) is 1.72. The number of nitrogens with zero attached hydrogens (tertiary/aromatic N) is 3. The third-order valence-electron chi connectivity index (χ3n) is 2.74. The molecule has 88 valence electrons. The largest absolute Gasteiger partial charge is 0.349 e. The Kier molecular flexibility index (Phi) is 2.78. The lowest BCUT2D eigenvalue weighted by Gasteiger charge is -2.16. The standard InChI is InChI=1S/C11H15F2N3/c1-8(2)9-5-15-10(6-14-9)16-4-3-11(12,13)7-16/h5-6,8H,3-4,7H2,1-2H3. The molecule has 1 fully saturated rings. The van der Waals surface area contributed by atoms with E-state index in [1.807, 2.05) is 13.8 Å². The van der Waals surface area contributed by atoms with Crippen molar-refractivity contribution in [3.63, 3.8) is 0 Å². The van der Waals surface area contributed by atoms with Gasteiger partial charge in [-0.25, -0.2) is 13.8 Å². The average molecular weight is 227 g/mol. The van der Waals surface area contributed by atoms with Crippen molar-refractivity contribution in [1.29, 1.82) is 0 Å². The number of rotatable bonds is 2. The fraction of sp³-hybridized carbons (Fsp3) is 0.636. The highest BCUT2D eigenvalue weighted by molar-refractivity contribution is 5.38. The lowest BCUT2D eigenvalue weighted by molar-refractivity contribution is 0.0256. The zero-order valence-corrected chi connectivity index (χ0v) is 9.45. The van der Waals surface area contributed by atoms with Crippen LogP contribution in [0.1, 0.15) is 31.9 Å². The molecule has 0 amide bonds. The van der Waals surface area contributed by atoms with Crippen LogP contribution in [0.2, 0.25) is 0 Å². The molecule has 1 aliphatic rings. The second-order valence-electron chi connectivity index (χ2n) is 4.48. The minimum absolute atomic E-state index is 0.0966. The van der Waals surface area contributed by atoms with E-state index < -0.39 is 5.92 Å². The predicted molar refractivity (Wildman–Crippen MR) is 57.9 cm³/mol. The molecule has 0 saturated carbocycles. The van der Waals surface area contributed by atoms with Crippen LogP contribution in [0.15, 0.2) is 12.4 Å². The van der Waals surface area contributed by atoms with E-state index in [-0.39, 0.29) is 13.0 Å². The van der Waals surface area contributed by atoms with Gasteiger partial charge in [0.15, 0.2) is 0 Å². The van der Waals surface area contributed by atoms with Gasteiger partial charge in [0, 0.05) is 13.0 Å². The Morgan fingerprint density at radius 1 is 1.31 bits per heavy atom. The summed E-state index contributed by atoms with van der Waals surface area (Å²) in [4.78, 5) is 9.98. The Balaban J connectivity index is 2.11. The molecular weight excluding hydrogens is 212 g/mol. The predicted octanol–water partition coefficient (Wildman–Crippen LogP) is 2.45. The topological polar surface area (TPSA) is 29.0 Å². The van der Waals surface area contributed by atoms with Gasteiger partial charge in [-0.05, 0) is 5.92 Å². The van der Waals surface area contributed by atoms with Gasteiger partial charge in [-0.15, -0.1) is 0 Å². The van der Waals surface area contributed by atoms with E-state index in [1.165, 1.54) is 0 Å². The van der Waals surface area contributed by atoms with E-state index >= 15 is 0 Å². The zero-order valence-electron chi connectivity index (χ0n) is 9.45. The fourth-order valence-electron chi connectivity index (χ4n) is 1.72. The molecule has 0 radical (unpaired) electrons. The average Bonchev–Trinajstić information content (AvgIpc) is 2.59. The highest BCUT2D eigenvalue weighted by Gasteiger charge is 2.38. The maximum absolute atomic E-state index is 13.0. The van der Waals surface area contributed by atoms with Crippen molar-refractivity contribution < 1.29 is 8.78 Å². The van der Waals surface area contributed by atoms with Crippen LogP contribution in [-0.4, -0.2) is 29.0 Å². The molecule has 0 aliphatic carbocycles. The summed E-state index contributed by atoms with van der Waals surface area (Å²) in [6.07, 6.45) is 3.15. The van der Waals surface area contributed by atoms with Crippen molar-refractivity contribution in [2.24, 2.45) is 0 Å².